The van der Waals surface area contributed by atoms with Crippen LogP contribution in [0.1, 0.15) is 15.9 Å². The van der Waals surface area contributed by atoms with E-state index in [0.29, 0.717) is 35.8 Å². The van der Waals surface area contributed by atoms with Crippen molar-refractivity contribution < 1.29 is 28.5 Å². The molecule has 3 aromatic carbocycles. The van der Waals surface area contributed by atoms with Gasteiger partial charge in [0.15, 0.2) is 11.5 Å². The summed E-state index contributed by atoms with van der Waals surface area (Å²) in [4.78, 5) is 12.7. The summed E-state index contributed by atoms with van der Waals surface area (Å²) in [6.45, 7) is 0.360. The number of hydrogen-bond donors (Lipinski definition) is 1. The average molecular weight is 435 g/mol. The lowest BCUT2D eigenvalue weighted by atomic mass is 10.1. The predicted octanol–water partition coefficient (Wildman–Crippen LogP) is 4.24. The van der Waals surface area contributed by atoms with Crippen LogP contribution < -0.4 is 29.0 Å². The van der Waals surface area contributed by atoms with Gasteiger partial charge >= 0.3 is 0 Å². The van der Waals surface area contributed by atoms with Crippen molar-refractivity contribution in [2.75, 3.05) is 27.9 Å². The van der Waals surface area contributed by atoms with Gasteiger partial charge in [-0.25, -0.2) is 0 Å². The molecule has 1 atom stereocenters. The maximum Gasteiger partial charge on any atom is 0.251 e. The van der Waals surface area contributed by atoms with Gasteiger partial charge < -0.3 is 29.0 Å². The lowest BCUT2D eigenvalue weighted by Gasteiger charge is -2.15. The van der Waals surface area contributed by atoms with Crippen molar-refractivity contribution >= 4 is 5.91 Å². The van der Waals surface area contributed by atoms with Crippen LogP contribution in [-0.4, -0.2) is 39.9 Å². The highest BCUT2D eigenvalue weighted by molar-refractivity contribution is 5.95. The fraction of sp³-hybridized carbons (Fsp3) is 0.240. The van der Waals surface area contributed by atoms with Crippen molar-refractivity contribution in [3.63, 3.8) is 0 Å². The number of benzene rings is 3. The van der Waals surface area contributed by atoms with Gasteiger partial charge in [-0.3, -0.25) is 4.79 Å². The molecule has 0 radical (unpaired) electrons. The Bertz CT molecular complexity index is 1070. The first-order chi connectivity index (χ1) is 15.6. The van der Waals surface area contributed by atoms with Crippen molar-refractivity contribution in [2.45, 2.75) is 12.5 Å². The van der Waals surface area contributed by atoms with E-state index in [1.54, 1.807) is 12.1 Å². The highest BCUT2D eigenvalue weighted by Crippen LogP contribution is 2.38. The Balaban J connectivity index is 1.38. The molecule has 1 amide bonds. The summed E-state index contributed by atoms with van der Waals surface area (Å²) in [6, 6.07) is 18.6. The lowest BCUT2D eigenvalue weighted by molar-refractivity contribution is 0.0932. The van der Waals surface area contributed by atoms with Gasteiger partial charge in [-0.05, 0) is 42.5 Å². The first kappa shape index (κ1) is 21.4. The van der Waals surface area contributed by atoms with E-state index in [0.717, 1.165) is 22.8 Å². The monoisotopic (exact) mass is 435 g/mol. The van der Waals surface area contributed by atoms with Gasteiger partial charge in [-0.2, -0.15) is 0 Å². The minimum atomic E-state index is -0.253. The number of ether oxygens (including phenoxy) is 5. The number of hydrogen-bond acceptors (Lipinski definition) is 6. The largest absolute Gasteiger partial charge is 0.493 e. The van der Waals surface area contributed by atoms with Crippen molar-refractivity contribution in [3.05, 3.63) is 71.8 Å². The molecule has 7 heteroatoms. The summed E-state index contributed by atoms with van der Waals surface area (Å²) >= 11 is 0. The van der Waals surface area contributed by atoms with Gasteiger partial charge in [0.05, 0.1) is 27.9 Å². The van der Waals surface area contributed by atoms with Crippen LogP contribution in [0.2, 0.25) is 0 Å². The third-order valence-electron chi connectivity index (χ3n) is 5.17. The van der Waals surface area contributed by atoms with E-state index in [9.17, 15) is 4.79 Å². The Labute approximate surface area is 186 Å². The molecule has 4 rings (SSSR count). The minimum absolute atomic E-state index is 0.164. The molecule has 1 aliphatic rings. The second-order valence-electron chi connectivity index (χ2n) is 7.25. The summed E-state index contributed by atoms with van der Waals surface area (Å²) in [5, 5.41) is 2.92. The number of methoxy groups -OCH3 is 3. The third-order valence-corrected chi connectivity index (χ3v) is 5.17. The van der Waals surface area contributed by atoms with Gasteiger partial charge in [0.1, 0.15) is 23.4 Å². The zero-order chi connectivity index (χ0) is 22.5. The van der Waals surface area contributed by atoms with E-state index in [1.165, 1.54) is 21.3 Å². The van der Waals surface area contributed by atoms with Crippen molar-refractivity contribution in [1.29, 1.82) is 0 Å². The highest BCUT2D eigenvalue weighted by atomic mass is 16.5. The Morgan fingerprint density at radius 1 is 0.938 bits per heavy atom. The number of amides is 1. The predicted molar refractivity (Wildman–Crippen MR) is 120 cm³/mol. The molecule has 32 heavy (non-hydrogen) atoms. The molecule has 0 aromatic heterocycles. The molecule has 0 aliphatic carbocycles. The van der Waals surface area contributed by atoms with Crippen LogP contribution in [0.25, 0.3) is 0 Å². The molecule has 0 unspecified atom stereocenters. The van der Waals surface area contributed by atoms with E-state index >= 15 is 0 Å². The lowest BCUT2D eigenvalue weighted by Crippen LogP contribution is -2.34. The summed E-state index contributed by atoms with van der Waals surface area (Å²) in [5.74, 6) is 3.37. The smallest absolute Gasteiger partial charge is 0.251 e. The number of carbonyl (C=O) groups excluding carboxylic acids is 1. The second-order valence-corrected chi connectivity index (χ2v) is 7.25. The van der Waals surface area contributed by atoms with Crippen LogP contribution in [0.5, 0.6) is 34.5 Å². The number of rotatable bonds is 8. The van der Waals surface area contributed by atoms with Crippen LogP contribution in [0.4, 0.5) is 0 Å². The molecule has 0 fully saturated rings. The number of nitrogens with one attached hydrogen (secondary N) is 1. The molecule has 3 aromatic rings. The SMILES string of the molecule is COc1cc(C(=O)NC[C@@H]2Cc3cc(Oc4ccccc4)ccc3O2)cc(OC)c1OC. The van der Waals surface area contributed by atoms with Crippen LogP contribution in [0, 0.1) is 0 Å². The van der Waals surface area contributed by atoms with Crippen LogP contribution in [-0.2, 0) is 6.42 Å². The van der Waals surface area contributed by atoms with Gasteiger partial charge in [-0.1, -0.05) is 18.2 Å². The van der Waals surface area contributed by atoms with Gasteiger partial charge in [0, 0.05) is 17.5 Å². The summed E-state index contributed by atoms with van der Waals surface area (Å²) in [6.07, 6.45) is 0.514. The quantitative estimate of drug-likeness (QED) is 0.571. The zero-order valence-corrected chi connectivity index (χ0v) is 18.2. The number of para-hydroxylation sites is 1. The van der Waals surface area contributed by atoms with E-state index in [-0.39, 0.29) is 12.0 Å². The first-order valence-electron chi connectivity index (χ1n) is 10.2. The normalized spacial score (nSPS) is 14.2. The fourth-order valence-corrected chi connectivity index (χ4v) is 3.62. The molecular weight excluding hydrogens is 410 g/mol. The van der Waals surface area contributed by atoms with Crippen LogP contribution >= 0.6 is 0 Å². The number of fused-ring (bicyclic) bond motifs is 1. The summed E-state index contributed by atoms with van der Waals surface area (Å²) in [5.41, 5.74) is 1.46. The van der Waals surface area contributed by atoms with E-state index in [1.807, 2.05) is 48.5 Å². The maximum absolute atomic E-state index is 12.7. The van der Waals surface area contributed by atoms with Crippen LogP contribution in [0.15, 0.2) is 60.7 Å². The fourth-order valence-electron chi connectivity index (χ4n) is 3.62. The van der Waals surface area contributed by atoms with Crippen LogP contribution in [0.3, 0.4) is 0 Å². The molecule has 1 heterocycles. The average Bonchev–Trinajstić information content (AvgIpc) is 3.24. The van der Waals surface area contributed by atoms with Crippen molar-refractivity contribution in [1.82, 2.24) is 5.32 Å². The molecule has 0 bridgehead atoms. The maximum atomic E-state index is 12.7. The molecule has 7 nitrogen and oxygen atoms in total. The Hall–Kier alpha value is -3.87. The highest BCUT2D eigenvalue weighted by Gasteiger charge is 2.25. The van der Waals surface area contributed by atoms with Crippen molar-refractivity contribution in [3.8, 4) is 34.5 Å². The standard InChI is InChI=1S/C25H25NO6/c1-28-22-13-17(14-23(29-2)24(22)30-3)25(27)26-15-20-12-16-11-19(9-10-21(16)32-20)31-18-7-5-4-6-8-18/h4-11,13-14,20H,12,15H2,1-3H3,(H,26,27)/t20-/m0/s1. The Kier molecular flexibility index (Phi) is 6.35. The molecule has 1 N–H and O–H groups in total. The first-order valence-corrected chi connectivity index (χ1v) is 10.2. The molecular formula is C25H25NO6. The summed E-state index contributed by atoms with van der Waals surface area (Å²) in [7, 11) is 4.54. The topological polar surface area (TPSA) is 75.3 Å². The third kappa shape index (κ3) is 4.56. The Morgan fingerprint density at radius 3 is 2.31 bits per heavy atom. The molecule has 0 saturated carbocycles. The zero-order valence-electron chi connectivity index (χ0n) is 18.2. The van der Waals surface area contributed by atoms with Crippen molar-refractivity contribution in [2.24, 2.45) is 0 Å². The van der Waals surface area contributed by atoms with E-state index in [4.69, 9.17) is 23.7 Å². The van der Waals surface area contributed by atoms with Gasteiger partial charge in [0.2, 0.25) is 5.75 Å². The molecule has 0 saturated heterocycles. The molecule has 166 valence electrons. The van der Waals surface area contributed by atoms with Gasteiger partial charge in [-0.15, -0.1) is 0 Å². The number of carbonyl (C=O) groups is 1. The minimum Gasteiger partial charge on any atom is -0.493 e. The molecule has 1 aliphatic heterocycles. The van der Waals surface area contributed by atoms with Gasteiger partial charge in [0.25, 0.3) is 5.91 Å². The van der Waals surface area contributed by atoms with E-state index in [2.05, 4.69) is 5.32 Å². The molecule has 0 spiro atoms. The Morgan fingerprint density at radius 2 is 1.66 bits per heavy atom. The van der Waals surface area contributed by atoms with E-state index < -0.39 is 0 Å². The summed E-state index contributed by atoms with van der Waals surface area (Å²) < 4.78 is 27.8. The second kappa shape index (κ2) is 9.51.